The highest BCUT2D eigenvalue weighted by Gasteiger charge is 2.16. The average molecular weight is 290 g/mol. The molecular weight excluding hydrogens is 268 g/mol. The summed E-state index contributed by atoms with van der Waals surface area (Å²) in [7, 11) is 0. The number of anilines is 1. The number of nitrogens with one attached hydrogen (secondary N) is 2. The molecule has 1 aromatic rings. The van der Waals surface area contributed by atoms with Gasteiger partial charge in [0.2, 0.25) is 0 Å². The number of para-hydroxylation sites is 1. The molecule has 108 valence electrons. The van der Waals surface area contributed by atoms with Crippen LogP contribution >= 0.6 is 12.2 Å². The molecular formula is C15H22N4S. The smallest absolute Gasteiger partial charge is 0.191 e. The quantitative estimate of drug-likeness (QED) is 0.663. The highest BCUT2D eigenvalue weighted by atomic mass is 32.1. The molecule has 2 N–H and O–H groups in total. The fourth-order valence-corrected chi connectivity index (χ4v) is 2.38. The SMILES string of the molecule is CC(C)N1CCC(=NNC(=S)Nc2ccccc2)CC1. The molecule has 2 rings (SSSR count). The van der Waals surface area contributed by atoms with Crippen molar-refractivity contribution in [2.45, 2.75) is 32.7 Å². The summed E-state index contributed by atoms with van der Waals surface area (Å²) >= 11 is 5.23. The fraction of sp³-hybridized carbons (Fsp3) is 0.467. The lowest BCUT2D eigenvalue weighted by Gasteiger charge is -2.30. The number of hydrazone groups is 1. The maximum Gasteiger partial charge on any atom is 0.191 e. The van der Waals surface area contributed by atoms with Crippen LogP contribution in [0.1, 0.15) is 26.7 Å². The first kappa shape index (κ1) is 14.9. The molecule has 0 atom stereocenters. The second-order valence-electron chi connectivity index (χ2n) is 5.24. The zero-order chi connectivity index (χ0) is 14.4. The first-order chi connectivity index (χ1) is 9.65. The number of likely N-dealkylation sites (tertiary alicyclic amines) is 1. The number of hydrogen-bond acceptors (Lipinski definition) is 3. The van der Waals surface area contributed by atoms with E-state index < -0.39 is 0 Å². The summed E-state index contributed by atoms with van der Waals surface area (Å²) in [5.74, 6) is 0. The highest BCUT2D eigenvalue weighted by molar-refractivity contribution is 7.80. The molecule has 1 aromatic carbocycles. The van der Waals surface area contributed by atoms with Gasteiger partial charge in [-0.1, -0.05) is 18.2 Å². The van der Waals surface area contributed by atoms with E-state index in [1.54, 1.807) is 0 Å². The molecule has 0 unspecified atom stereocenters. The number of piperidine rings is 1. The monoisotopic (exact) mass is 290 g/mol. The number of benzene rings is 1. The maximum absolute atomic E-state index is 5.23. The van der Waals surface area contributed by atoms with Crippen molar-refractivity contribution < 1.29 is 0 Å². The lowest BCUT2D eigenvalue weighted by Crippen LogP contribution is -2.39. The Kier molecular flexibility index (Phi) is 5.49. The summed E-state index contributed by atoms with van der Waals surface area (Å²) in [6, 6.07) is 10.5. The van der Waals surface area contributed by atoms with Crippen molar-refractivity contribution in [1.82, 2.24) is 10.3 Å². The molecule has 0 spiro atoms. The number of hydrogen-bond donors (Lipinski definition) is 2. The topological polar surface area (TPSA) is 39.7 Å². The van der Waals surface area contributed by atoms with Crippen molar-refractivity contribution in [3.63, 3.8) is 0 Å². The van der Waals surface area contributed by atoms with Crippen LogP contribution in [-0.2, 0) is 0 Å². The van der Waals surface area contributed by atoms with E-state index in [-0.39, 0.29) is 0 Å². The van der Waals surface area contributed by atoms with Gasteiger partial charge in [0.15, 0.2) is 5.11 Å². The molecule has 1 aliphatic rings. The van der Waals surface area contributed by atoms with E-state index in [9.17, 15) is 0 Å². The van der Waals surface area contributed by atoms with Gasteiger partial charge in [0.25, 0.3) is 0 Å². The largest absolute Gasteiger partial charge is 0.331 e. The number of thiocarbonyl (C=S) groups is 1. The molecule has 5 heteroatoms. The summed E-state index contributed by atoms with van der Waals surface area (Å²) < 4.78 is 0. The van der Waals surface area contributed by atoms with E-state index in [0.29, 0.717) is 11.2 Å². The standard InChI is InChI=1S/C15H22N4S/c1-12(2)19-10-8-14(9-11-19)17-18-15(20)16-13-6-4-3-5-7-13/h3-7,12H,8-11H2,1-2H3,(H2,16,18,20). The van der Waals surface area contributed by atoms with Crippen LogP contribution in [-0.4, -0.2) is 34.9 Å². The second kappa shape index (κ2) is 7.36. The molecule has 1 heterocycles. The molecule has 0 radical (unpaired) electrons. The Balaban J connectivity index is 1.77. The van der Waals surface area contributed by atoms with E-state index in [0.717, 1.165) is 31.6 Å². The molecule has 0 bridgehead atoms. The molecule has 1 fully saturated rings. The van der Waals surface area contributed by atoms with E-state index in [4.69, 9.17) is 12.2 Å². The lowest BCUT2D eigenvalue weighted by molar-refractivity contribution is 0.222. The van der Waals surface area contributed by atoms with Crippen LogP contribution in [0.25, 0.3) is 0 Å². The third-order valence-corrected chi connectivity index (χ3v) is 3.65. The Bertz CT molecular complexity index is 460. The van der Waals surface area contributed by atoms with Crippen LogP contribution in [0.15, 0.2) is 35.4 Å². The Morgan fingerprint density at radius 2 is 1.85 bits per heavy atom. The molecule has 1 aliphatic heterocycles. The minimum absolute atomic E-state index is 0.537. The van der Waals surface area contributed by atoms with E-state index >= 15 is 0 Å². The third kappa shape index (κ3) is 4.58. The average Bonchev–Trinajstić information content (AvgIpc) is 2.46. The van der Waals surface area contributed by atoms with Gasteiger partial charge in [0.05, 0.1) is 0 Å². The molecule has 1 saturated heterocycles. The van der Waals surface area contributed by atoms with Crippen molar-refractivity contribution in [3.8, 4) is 0 Å². The van der Waals surface area contributed by atoms with Gasteiger partial charge in [-0.3, -0.25) is 5.43 Å². The van der Waals surface area contributed by atoms with Crippen LogP contribution < -0.4 is 10.7 Å². The summed E-state index contributed by atoms with van der Waals surface area (Å²) in [6.45, 7) is 6.63. The summed E-state index contributed by atoms with van der Waals surface area (Å²) in [5, 5.41) is 8.06. The lowest BCUT2D eigenvalue weighted by atomic mass is 10.1. The first-order valence-corrected chi connectivity index (χ1v) is 7.47. The Labute approximate surface area is 126 Å². The van der Waals surface area contributed by atoms with Crippen LogP contribution in [0.2, 0.25) is 0 Å². The van der Waals surface area contributed by atoms with E-state index in [1.807, 2.05) is 30.3 Å². The van der Waals surface area contributed by atoms with Gasteiger partial charge >= 0.3 is 0 Å². The van der Waals surface area contributed by atoms with Crippen molar-refractivity contribution in [2.75, 3.05) is 18.4 Å². The zero-order valence-corrected chi connectivity index (χ0v) is 12.9. The summed E-state index contributed by atoms with van der Waals surface area (Å²) in [6.07, 6.45) is 2.03. The molecule has 0 amide bonds. The molecule has 20 heavy (non-hydrogen) atoms. The minimum atomic E-state index is 0.537. The van der Waals surface area contributed by atoms with Crippen molar-refractivity contribution in [1.29, 1.82) is 0 Å². The zero-order valence-electron chi connectivity index (χ0n) is 12.1. The fourth-order valence-electron chi connectivity index (χ4n) is 2.22. The van der Waals surface area contributed by atoms with Gasteiger partial charge in [-0.25, -0.2) is 0 Å². The Morgan fingerprint density at radius 3 is 2.45 bits per heavy atom. The van der Waals surface area contributed by atoms with Gasteiger partial charge in [0, 0.05) is 43.4 Å². The molecule has 0 saturated carbocycles. The normalized spacial score (nSPS) is 16.1. The van der Waals surface area contributed by atoms with Gasteiger partial charge in [0.1, 0.15) is 0 Å². The van der Waals surface area contributed by atoms with Crippen LogP contribution in [0, 0.1) is 0 Å². The number of rotatable bonds is 3. The predicted molar refractivity (Wildman–Crippen MR) is 89.2 cm³/mol. The summed E-state index contributed by atoms with van der Waals surface area (Å²) in [5.41, 5.74) is 5.10. The number of nitrogens with zero attached hydrogens (tertiary/aromatic N) is 2. The van der Waals surface area contributed by atoms with Crippen LogP contribution in [0.3, 0.4) is 0 Å². The predicted octanol–water partition coefficient (Wildman–Crippen LogP) is 2.83. The molecule has 0 aliphatic carbocycles. The second-order valence-corrected chi connectivity index (χ2v) is 5.65. The van der Waals surface area contributed by atoms with Crippen molar-refractivity contribution >= 4 is 28.7 Å². The van der Waals surface area contributed by atoms with Crippen LogP contribution in [0.4, 0.5) is 5.69 Å². The van der Waals surface area contributed by atoms with E-state index in [2.05, 4.69) is 34.6 Å². The van der Waals surface area contributed by atoms with Crippen molar-refractivity contribution in [3.05, 3.63) is 30.3 Å². The third-order valence-electron chi connectivity index (χ3n) is 3.45. The summed E-state index contributed by atoms with van der Waals surface area (Å²) in [4.78, 5) is 2.47. The maximum atomic E-state index is 5.23. The van der Waals surface area contributed by atoms with Crippen molar-refractivity contribution in [2.24, 2.45) is 5.10 Å². The minimum Gasteiger partial charge on any atom is -0.331 e. The molecule has 4 nitrogen and oxygen atoms in total. The highest BCUT2D eigenvalue weighted by Crippen LogP contribution is 2.10. The Morgan fingerprint density at radius 1 is 1.20 bits per heavy atom. The van der Waals surface area contributed by atoms with E-state index in [1.165, 1.54) is 5.71 Å². The van der Waals surface area contributed by atoms with Gasteiger partial charge in [-0.15, -0.1) is 0 Å². The van der Waals surface area contributed by atoms with Gasteiger partial charge < -0.3 is 10.2 Å². The Hall–Kier alpha value is -1.46. The first-order valence-electron chi connectivity index (χ1n) is 7.06. The molecule has 0 aromatic heterocycles. The van der Waals surface area contributed by atoms with Crippen LogP contribution in [0.5, 0.6) is 0 Å². The van der Waals surface area contributed by atoms with Gasteiger partial charge in [-0.05, 0) is 38.2 Å². The van der Waals surface area contributed by atoms with Gasteiger partial charge in [-0.2, -0.15) is 5.10 Å².